The van der Waals surface area contributed by atoms with Crippen LogP contribution in [0.4, 0.5) is 5.95 Å². The minimum atomic E-state index is -0.330. The van der Waals surface area contributed by atoms with Gasteiger partial charge in [0.25, 0.3) is 5.91 Å². The molecule has 1 aliphatic rings. The molecule has 0 atom stereocenters. The van der Waals surface area contributed by atoms with Gasteiger partial charge in [-0.3, -0.25) is 9.59 Å². The minimum absolute atomic E-state index is 0.125. The van der Waals surface area contributed by atoms with E-state index in [1.807, 2.05) is 6.07 Å². The van der Waals surface area contributed by atoms with Crippen LogP contribution in [0.2, 0.25) is 0 Å². The number of nitrogens with zero attached hydrogens (tertiary/aromatic N) is 4. The molecule has 9 heteroatoms. The molecule has 3 rings (SSSR count). The second-order valence-electron chi connectivity index (χ2n) is 6.41. The Balaban J connectivity index is 1.54. The molecule has 1 aromatic carbocycles. The number of benzene rings is 1. The highest BCUT2D eigenvalue weighted by Crippen LogP contribution is 2.17. The predicted octanol–water partition coefficient (Wildman–Crippen LogP) is 0.917. The molecule has 2 aromatic rings. The molecule has 1 fully saturated rings. The van der Waals surface area contributed by atoms with Crippen molar-refractivity contribution in [2.24, 2.45) is 0 Å². The van der Waals surface area contributed by atoms with E-state index >= 15 is 0 Å². The number of piperidine rings is 1. The van der Waals surface area contributed by atoms with Gasteiger partial charge in [-0.05, 0) is 31.4 Å². The molecule has 1 saturated heterocycles. The fourth-order valence-electron chi connectivity index (χ4n) is 2.88. The molecule has 0 bridgehead atoms. The van der Waals surface area contributed by atoms with E-state index in [-0.39, 0.29) is 30.9 Å². The second kappa shape index (κ2) is 9.63. The molecule has 2 heterocycles. The molecule has 0 unspecified atom stereocenters. The fraction of sp³-hybridized carbons (Fsp3) is 0.421. The van der Waals surface area contributed by atoms with E-state index in [0.717, 1.165) is 25.9 Å². The van der Waals surface area contributed by atoms with Crippen LogP contribution >= 0.6 is 0 Å². The van der Waals surface area contributed by atoms with Gasteiger partial charge in [-0.1, -0.05) is 18.2 Å². The van der Waals surface area contributed by atoms with E-state index < -0.39 is 0 Å². The molecule has 1 aromatic heterocycles. The summed E-state index contributed by atoms with van der Waals surface area (Å²) in [6, 6.07) is 8.95. The summed E-state index contributed by atoms with van der Waals surface area (Å²) in [5.41, 5.74) is 0.503. The lowest BCUT2D eigenvalue weighted by Gasteiger charge is -2.26. The van der Waals surface area contributed by atoms with Gasteiger partial charge in [0.15, 0.2) is 5.82 Å². The molecule has 2 amide bonds. The van der Waals surface area contributed by atoms with Gasteiger partial charge in [-0.15, -0.1) is 0 Å². The minimum Gasteiger partial charge on any atom is -0.467 e. The monoisotopic (exact) mass is 384 g/mol. The number of hydrogen-bond donors (Lipinski definition) is 2. The number of hydrogen-bond acceptors (Lipinski definition) is 7. The lowest BCUT2D eigenvalue weighted by molar-refractivity contribution is -0.120. The van der Waals surface area contributed by atoms with Crippen LogP contribution in [0.1, 0.15) is 35.4 Å². The van der Waals surface area contributed by atoms with E-state index in [4.69, 9.17) is 4.74 Å². The lowest BCUT2D eigenvalue weighted by atomic mass is 10.1. The van der Waals surface area contributed by atoms with Crippen LogP contribution in [0.25, 0.3) is 0 Å². The highest BCUT2D eigenvalue weighted by molar-refractivity contribution is 5.96. The Bertz CT molecular complexity index is 809. The van der Waals surface area contributed by atoms with Crippen molar-refractivity contribution in [2.45, 2.75) is 25.8 Å². The summed E-state index contributed by atoms with van der Waals surface area (Å²) in [4.78, 5) is 39.1. The Kier molecular flexibility index (Phi) is 6.72. The van der Waals surface area contributed by atoms with Crippen LogP contribution < -0.4 is 20.3 Å². The average molecular weight is 384 g/mol. The third kappa shape index (κ3) is 5.38. The van der Waals surface area contributed by atoms with Crippen LogP contribution in [0.15, 0.2) is 30.3 Å². The third-order valence-corrected chi connectivity index (χ3v) is 4.36. The number of amides is 2. The Morgan fingerprint density at radius 1 is 1.04 bits per heavy atom. The van der Waals surface area contributed by atoms with Crippen LogP contribution in [-0.2, 0) is 11.3 Å². The number of anilines is 1. The zero-order valence-electron chi connectivity index (χ0n) is 15.9. The molecule has 9 nitrogen and oxygen atoms in total. The summed E-state index contributed by atoms with van der Waals surface area (Å²) in [5, 5.41) is 5.29. The van der Waals surface area contributed by atoms with E-state index in [9.17, 15) is 9.59 Å². The number of nitrogens with one attached hydrogen (secondary N) is 2. The SMILES string of the molecule is COc1nc(CNC(=O)CNC(=O)c2ccccc2)nc(N2CCCCC2)n1. The zero-order valence-corrected chi connectivity index (χ0v) is 15.9. The van der Waals surface area contributed by atoms with E-state index in [1.165, 1.54) is 13.5 Å². The highest BCUT2D eigenvalue weighted by Gasteiger charge is 2.17. The van der Waals surface area contributed by atoms with Crippen LogP contribution in [0.5, 0.6) is 6.01 Å². The molecule has 148 valence electrons. The van der Waals surface area contributed by atoms with Crippen molar-refractivity contribution in [2.75, 3.05) is 31.6 Å². The summed E-state index contributed by atoms with van der Waals surface area (Å²) >= 11 is 0. The molecule has 28 heavy (non-hydrogen) atoms. The standard InChI is InChI=1S/C19H24N6O3/c1-28-19-23-15(22-18(24-19)25-10-6-3-7-11-25)12-20-16(26)13-21-17(27)14-8-4-2-5-9-14/h2,4-5,8-9H,3,6-7,10-13H2,1H3,(H,20,26)(H,21,27). The fourth-order valence-corrected chi connectivity index (χ4v) is 2.88. The normalized spacial score (nSPS) is 13.7. The third-order valence-electron chi connectivity index (χ3n) is 4.36. The first-order valence-corrected chi connectivity index (χ1v) is 9.29. The molecule has 1 aliphatic heterocycles. The number of carbonyl (C=O) groups excluding carboxylic acids is 2. The van der Waals surface area contributed by atoms with E-state index in [0.29, 0.717) is 17.3 Å². The van der Waals surface area contributed by atoms with Crippen LogP contribution in [-0.4, -0.2) is 53.5 Å². The van der Waals surface area contributed by atoms with Gasteiger partial charge < -0.3 is 20.3 Å². The van der Waals surface area contributed by atoms with Gasteiger partial charge in [0.1, 0.15) is 0 Å². The van der Waals surface area contributed by atoms with Gasteiger partial charge in [-0.25, -0.2) is 0 Å². The number of ether oxygens (including phenoxy) is 1. The van der Waals surface area contributed by atoms with Crippen LogP contribution in [0, 0.1) is 0 Å². The summed E-state index contributed by atoms with van der Waals surface area (Å²) in [6.07, 6.45) is 3.40. The summed E-state index contributed by atoms with van der Waals surface area (Å²) in [6.45, 7) is 1.78. The predicted molar refractivity (Wildman–Crippen MR) is 103 cm³/mol. The van der Waals surface area contributed by atoms with Crippen molar-refractivity contribution in [1.82, 2.24) is 25.6 Å². The summed E-state index contributed by atoms with van der Waals surface area (Å²) < 4.78 is 5.16. The Morgan fingerprint density at radius 2 is 1.79 bits per heavy atom. The summed E-state index contributed by atoms with van der Waals surface area (Å²) in [7, 11) is 1.50. The number of aromatic nitrogens is 3. The first-order valence-electron chi connectivity index (χ1n) is 9.29. The molecule has 0 saturated carbocycles. The topological polar surface area (TPSA) is 109 Å². The van der Waals surface area contributed by atoms with Gasteiger partial charge >= 0.3 is 6.01 Å². The van der Waals surface area contributed by atoms with Gasteiger partial charge in [-0.2, -0.15) is 15.0 Å². The summed E-state index contributed by atoms with van der Waals surface area (Å²) in [5.74, 6) is 0.344. The largest absolute Gasteiger partial charge is 0.467 e. The van der Waals surface area contributed by atoms with Gasteiger partial charge in [0.2, 0.25) is 11.9 Å². The maximum atomic E-state index is 12.1. The number of rotatable bonds is 7. The number of carbonyl (C=O) groups is 2. The van der Waals surface area contributed by atoms with Gasteiger partial charge in [0.05, 0.1) is 20.2 Å². The smallest absolute Gasteiger partial charge is 0.321 e. The lowest BCUT2D eigenvalue weighted by Crippen LogP contribution is -2.37. The molecular weight excluding hydrogens is 360 g/mol. The van der Waals surface area contributed by atoms with E-state index in [1.54, 1.807) is 24.3 Å². The molecule has 0 radical (unpaired) electrons. The zero-order chi connectivity index (χ0) is 19.8. The van der Waals surface area contributed by atoms with Crippen molar-refractivity contribution >= 4 is 17.8 Å². The Morgan fingerprint density at radius 3 is 2.50 bits per heavy atom. The second-order valence-corrected chi connectivity index (χ2v) is 6.41. The van der Waals surface area contributed by atoms with Gasteiger partial charge in [0, 0.05) is 18.7 Å². The Labute approximate surface area is 163 Å². The maximum absolute atomic E-state index is 12.1. The van der Waals surface area contributed by atoms with Crippen molar-refractivity contribution in [3.05, 3.63) is 41.7 Å². The van der Waals surface area contributed by atoms with Crippen molar-refractivity contribution < 1.29 is 14.3 Å². The molecule has 0 aliphatic carbocycles. The van der Waals surface area contributed by atoms with Crippen molar-refractivity contribution in [3.8, 4) is 6.01 Å². The first-order chi connectivity index (χ1) is 13.7. The average Bonchev–Trinajstić information content (AvgIpc) is 2.77. The highest BCUT2D eigenvalue weighted by atomic mass is 16.5. The Hall–Kier alpha value is -3.23. The quantitative estimate of drug-likeness (QED) is 0.730. The van der Waals surface area contributed by atoms with Crippen LogP contribution in [0.3, 0.4) is 0 Å². The van der Waals surface area contributed by atoms with Crippen molar-refractivity contribution in [3.63, 3.8) is 0 Å². The van der Waals surface area contributed by atoms with E-state index in [2.05, 4.69) is 30.5 Å². The van der Waals surface area contributed by atoms with Crippen molar-refractivity contribution in [1.29, 1.82) is 0 Å². The molecule has 2 N–H and O–H groups in total. The first kappa shape index (κ1) is 19.5. The number of methoxy groups -OCH3 is 1. The molecule has 0 spiro atoms. The molecular formula is C19H24N6O3. The maximum Gasteiger partial charge on any atom is 0.321 e.